The lowest BCUT2D eigenvalue weighted by Gasteiger charge is -2.10. The Bertz CT molecular complexity index is 305. The van der Waals surface area contributed by atoms with E-state index in [0.29, 0.717) is 11.9 Å². The van der Waals surface area contributed by atoms with Crippen molar-refractivity contribution in [3.8, 4) is 0 Å². The normalized spacial score (nSPS) is 19.0. The van der Waals surface area contributed by atoms with E-state index in [1.165, 1.54) is 12.8 Å². The minimum atomic E-state index is -0.401. The van der Waals surface area contributed by atoms with Crippen LogP contribution in [-0.2, 0) is 0 Å². The minimum absolute atomic E-state index is 0.0785. The van der Waals surface area contributed by atoms with Gasteiger partial charge in [-0.25, -0.2) is 0 Å². The van der Waals surface area contributed by atoms with Crippen LogP contribution in [0.1, 0.15) is 36.6 Å². The Kier molecular flexibility index (Phi) is 2.05. The molecule has 1 aromatic rings. The van der Waals surface area contributed by atoms with Crippen LogP contribution in [0.25, 0.3) is 0 Å². The van der Waals surface area contributed by atoms with Gasteiger partial charge < -0.3 is 15.4 Å². The van der Waals surface area contributed by atoms with Gasteiger partial charge in [0.25, 0.3) is 0 Å². The molecule has 1 aromatic heterocycles. The molecule has 0 bridgehead atoms. The molecule has 1 atom stereocenters. The van der Waals surface area contributed by atoms with Gasteiger partial charge in [-0.1, -0.05) is 0 Å². The molecule has 0 aromatic carbocycles. The third-order valence-electron chi connectivity index (χ3n) is 2.33. The number of hydrogen-bond donors (Lipinski definition) is 2. The highest BCUT2D eigenvalue weighted by molar-refractivity contribution is 5.04. The van der Waals surface area contributed by atoms with Gasteiger partial charge in [0, 0.05) is 6.04 Å². The van der Waals surface area contributed by atoms with Crippen molar-refractivity contribution in [3.63, 3.8) is 0 Å². The number of aryl methyl sites for hydroxylation is 1. The van der Waals surface area contributed by atoms with E-state index in [2.05, 4.69) is 10.2 Å². The number of aromatic nitrogens is 3. The Morgan fingerprint density at radius 2 is 2.31 bits per heavy atom. The van der Waals surface area contributed by atoms with Crippen molar-refractivity contribution in [1.29, 1.82) is 0 Å². The zero-order valence-electron chi connectivity index (χ0n) is 7.64. The van der Waals surface area contributed by atoms with E-state index in [0.717, 1.165) is 5.82 Å². The Morgan fingerprint density at radius 1 is 1.62 bits per heavy atom. The maximum Gasteiger partial charge on any atom is 0.152 e. The minimum Gasteiger partial charge on any atom is -0.394 e. The largest absolute Gasteiger partial charge is 0.394 e. The smallest absolute Gasteiger partial charge is 0.152 e. The summed E-state index contributed by atoms with van der Waals surface area (Å²) in [6, 6.07) is 0.115. The highest BCUT2D eigenvalue weighted by Crippen LogP contribution is 2.37. The predicted octanol–water partition coefficient (Wildman–Crippen LogP) is -0.0865. The second-order valence-corrected chi connectivity index (χ2v) is 3.50. The van der Waals surface area contributed by atoms with Crippen molar-refractivity contribution in [2.24, 2.45) is 5.73 Å². The molecule has 5 nitrogen and oxygen atoms in total. The summed E-state index contributed by atoms with van der Waals surface area (Å²) in [5, 5.41) is 16.9. The lowest BCUT2D eigenvalue weighted by Crippen LogP contribution is -2.20. The molecule has 1 aliphatic rings. The molecule has 0 radical (unpaired) electrons. The van der Waals surface area contributed by atoms with Crippen LogP contribution in [0, 0.1) is 6.92 Å². The van der Waals surface area contributed by atoms with E-state index >= 15 is 0 Å². The zero-order valence-corrected chi connectivity index (χ0v) is 7.64. The van der Waals surface area contributed by atoms with Crippen LogP contribution >= 0.6 is 0 Å². The van der Waals surface area contributed by atoms with Crippen LogP contribution in [0.3, 0.4) is 0 Å². The van der Waals surface area contributed by atoms with Gasteiger partial charge in [-0.05, 0) is 19.8 Å². The highest BCUT2D eigenvalue weighted by atomic mass is 16.3. The maximum atomic E-state index is 8.92. The molecule has 3 N–H and O–H groups in total. The van der Waals surface area contributed by atoms with E-state index in [-0.39, 0.29) is 6.61 Å². The van der Waals surface area contributed by atoms with Crippen LogP contribution < -0.4 is 5.73 Å². The van der Waals surface area contributed by atoms with Crippen molar-refractivity contribution in [1.82, 2.24) is 14.8 Å². The molecule has 1 fully saturated rings. The molecule has 72 valence electrons. The molecule has 1 heterocycles. The van der Waals surface area contributed by atoms with Gasteiger partial charge >= 0.3 is 0 Å². The summed E-state index contributed by atoms with van der Waals surface area (Å²) in [4.78, 5) is 0. The summed E-state index contributed by atoms with van der Waals surface area (Å²) in [6.07, 6.45) is 2.34. The molecule has 0 amide bonds. The second-order valence-electron chi connectivity index (χ2n) is 3.50. The molecule has 1 aliphatic carbocycles. The van der Waals surface area contributed by atoms with Crippen molar-refractivity contribution < 1.29 is 5.11 Å². The molecular formula is C8H14N4O. The fourth-order valence-corrected chi connectivity index (χ4v) is 1.50. The van der Waals surface area contributed by atoms with Crippen LogP contribution in [0.4, 0.5) is 0 Å². The van der Waals surface area contributed by atoms with Crippen molar-refractivity contribution in [3.05, 3.63) is 11.6 Å². The van der Waals surface area contributed by atoms with Crippen molar-refractivity contribution >= 4 is 0 Å². The number of nitrogens with two attached hydrogens (primary N) is 1. The average Bonchev–Trinajstić information content (AvgIpc) is 2.89. The molecular weight excluding hydrogens is 168 g/mol. The van der Waals surface area contributed by atoms with E-state index in [1.54, 1.807) is 0 Å². The third kappa shape index (κ3) is 1.45. The number of nitrogens with zero attached hydrogens (tertiary/aromatic N) is 3. The predicted molar refractivity (Wildman–Crippen MR) is 47.0 cm³/mol. The first-order valence-electron chi connectivity index (χ1n) is 4.52. The van der Waals surface area contributed by atoms with Gasteiger partial charge in [0.15, 0.2) is 5.82 Å². The Hall–Kier alpha value is -0.940. The molecule has 0 aliphatic heterocycles. The van der Waals surface area contributed by atoms with Crippen LogP contribution in [-0.4, -0.2) is 26.5 Å². The van der Waals surface area contributed by atoms with Crippen LogP contribution in [0.5, 0.6) is 0 Å². The van der Waals surface area contributed by atoms with E-state index in [1.807, 2.05) is 11.5 Å². The summed E-state index contributed by atoms with van der Waals surface area (Å²) in [6.45, 7) is 1.84. The number of aliphatic hydroxyl groups excluding tert-OH is 1. The lowest BCUT2D eigenvalue weighted by molar-refractivity contribution is 0.260. The third-order valence-corrected chi connectivity index (χ3v) is 2.33. The highest BCUT2D eigenvalue weighted by Gasteiger charge is 2.29. The summed E-state index contributed by atoms with van der Waals surface area (Å²) >= 11 is 0. The Balaban J connectivity index is 2.33. The summed E-state index contributed by atoms with van der Waals surface area (Å²) < 4.78 is 2.04. The van der Waals surface area contributed by atoms with E-state index < -0.39 is 6.04 Å². The van der Waals surface area contributed by atoms with Gasteiger partial charge in [-0.15, -0.1) is 10.2 Å². The molecule has 0 unspecified atom stereocenters. The monoisotopic (exact) mass is 182 g/mol. The summed E-state index contributed by atoms with van der Waals surface area (Å²) in [5.74, 6) is 1.60. The Morgan fingerprint density at radius 3 is 2.85 bits per heavy atom. The summed E-state index contributed by atoms with van der Waals surface area (Å²) in [5.41, 5.74) is 5.70. The quantitative estimate of drug-likeness (QED) is 0.685. The molecule has 1 saturated carbocycles. The maximum absolute atomic E-state index is 8.92. The molecule has 13 heavy (non-hydrogen) atoms. The molecule has 0 saturated heterocycles. The number of hydrogen-bond acceptors (Lipinski definition) is 4. The fourth-order valence-electron chi connectivity index (χ4n) is 1.50. The van der Waals surface area contributed by atoms with Gasteiger partial charge in [0.2, 0.25) is 0 Å². The van der Waals surface area contributed by atoms with E-state index in [9.17, 15) is 0 Å². The topological polar surface area (TPSA) is 77.0 Å². The lowest BCUT2D eigenvalue weighted by atomic mass is 10.3. The zero-order chi connectivity index (χ0) is 9.42. The molecule has 2 rings (SSSR count). The SMILES string of the molecule is Cc1nnc([C@H](N)CO)n1C1CC1. The molecule has 5 heteroatoms. The fraction of sp³-hybridized carbons (Fsp3) is 0.750. The van der Waals surface area contributed by atoms with Gasteiger partial charge in [0.05, 0.1) is 12.6 Å². The van der Waals surface area contributed by atoms with Crippen LogP contribution in [0.15, 0.2) is 0 Å². The first-order valence-corrected chi connectivity index (χ1v) is 4.52. The summed E-state index contributed by atoms with van der Waals surface area (Å²) in [7, 11) is 0. The first-order chi connectivity index (χ1) is 6.24. The van der Waals surface area contributed by atoms with Crippen LogP contribution in [0.2, 0.25) is 0 Å². The van der Waals surface area contributed by atoms with Gasteiger partial charge in [-0.3, -0.25) is 0 Å². The van der Waals surface area contributed by atoms with Gasteiger partial charge in [-0.2, -0.15) is 0 Å². The van der Waals surface area contributed by atoms with E-state index in [4.69, 9.17) is 10.8 Å². The first kappa shape index (κ1) is 8.65. The number of aliphatic hydroxyl groups is 1. The molecule has 0 spiro atoms. The van der Waals surface area contributed by atoms with Crippen molar-refractivity contribution in [2.45, 2.75) is 31.8 Å². The van der Waals surface area contributed by atoms with Crippen molar-refractivity contribution in [2.75, 3.05) is 6.61 Å². The Labute approximate surface area is 76.6 Å². The number of rotatable bonds is 3. The second kappa shape index (κ2) is 3.08. The average molecular weight is 182 g/mol. The van der Waals surface area contributed by atoms with Gasteiger partial charge in [0.1, 0.15) is 5.82 Å². The standard InChI is InChI=1S/C8H14N4O/c1-5-10-11-8(7(9)4-13)12(5)6-2-3-6/h6-7,13H,2-4,9H2,1H3/t7-/m1/s1.